The molecule has 3 nitrogen and oxygen atoms in total. The number of carbonyl (C=O) groups is 1. The Kier molecular flexibility index (Phi) is 4.52. The van der Waals surface area contributed by atoms with Crippen molar-refractivity contribution in [3.05, 3.63) is 0 Å². The molecule has 0 aromatic heterocycles. The van der Waals surface area contributed by atoms with Crippen LogP contribution in [0.15, 0.2) is 0 Å². The Balaban J connectivity index is 3.61. The Morgan fingerprint density at radius 3 is 2.55 bits per heavy atom. The van der Waals surface area contributed by atoms with E-state index in [9.17, 15) is 4.79 Å². The summed E-state index contributed by atoms with van der Waals surface area (Å²) in [6, 6.07) is 0. The molecule has 0 bridgehead atoms. The molecule has 3 N–H and O–H groups in total. The van der Waals surface area contributed by atoms with Gasteiger partial charge in [0.1, 0.15) is 0 Å². The molecule has 1 amide bonds. The minimum absolute atomic E-state index is 0.0739. The van der Waals surface area contributed by atoms with Crippen LogP contribution in [0, 0.1) is 0 Å². The van der Waals surface area contributed by atoms with E-state index in [0.717, 1.165) is 0 Å². The maximum absolute atomic E-state index is 10.7. The lowest BCUT2D eigenvalue weighted by molar-refractivity contribution is -0.119. The van der Waals surface area contributed by atoms with Crippen LogP contribution in [0.3, 0.4) is 0 Å². The molecule has 0 rings (SSSR count). The lowest BCUT2D eigenvalue weighted by Gasteiger charge is -2.21. The van der Waals surface area contributed by atoms with Crippen LogP contribution >= 0.6 is 11.8 Å². The summed E-state index contributed by atoms with van der Waals surface area (Å²) in [7, 11) is 0. The molecular formula is C7H16N2OS. The second-order valence-electron chi connectivity index (χ2n) is 2.94. The van der Waals surface area contributed by atoms with Crippen LogP contribution in [0.1, 0.15) is 13.8 Å². The van der Waals surface area contributed by atoms with Crippen molar-refractivity contribution in [1.29, 1.82) is 0 Å². The number of hydrogen-bond acceptors (Lipinski definition) is 3. The van der Waals surface area contributed by atoms with E-state index < -0.39 is 0 Å². The molecule has 0 aliphatic heterocycles. The predicted molar refractivity (Wildman–Crippen MR) is 49.7 cm³/mol. The first kappa shape index (κ1) is 10.8. The molecule has 0 aliphatic carbocycles. The first-order chi connectivity index (χ1) is 5.02. The summed E-state index contributed by atoms with van der Waals surface area (Å²) in [5.41, 5.74) is 5.12. The van der Waals surface area contributed by atoms with Gasteiger partial charge < -0.3 is 11.1 Å². The van der Waals surface area contributed by atoms with Gasteiger partial charge in [0.25, 0.3) is 0 Å². The van der Waals surface area contributed by atoms with Crippen molar-refractivity contribution in [2.45, 2.75) is 18.6 Å². The van der Waals surface area contributed by atoms with Crippen molar-refractivity contribution < 1.29 is 4.79 Å². The van der Waals surface area contributed by atoms with Gasteiger partial charge in [0, 0.05) is 11.3 Å². The average Bonchev–Trinajstić information content (AvgIpc) is 2.00. The van der Waals surface area contributed by atoms with Crippen LogP contribution in [-0.4, -0.2) is 30.0 Å². The summed E-state index contributed by atoms with van der Waals surface area (Å²) in [6.45, 7) is 4.90. The maximum Gasteiger partial charge on any atom is 0.233 e. The zero-order valence-electron chi connectivity index (χ0n) is 7.31. The third-order valence-electron chi connectivity index (χ3n) is 1.45. The molecule has 0 aromatic carbocycles. The van der Waals surface area contributed by atoms with Gasteiger partial charge >= 0.3 is 0 Å². The Bertz CT molecular complexity index is 136. The number of nitrogens with one attached hydrogen (secondary N) is 1. The van der Waals surface area contributed by atoms with Gasteiger partial charge in [0.05, 0.1) is 6.54 Å². The van der Waals surface area contributed by atoms with Crippen molar-refractivity contribution >= 4 is 17.7 Å². The van der Waals surface area contributed by atoms with Gasteiger partial charge in [-0.05, 0) is 20.1 Å². The van der Waals surface area contributed by atoms with Crippen molar-refractivity contribution in [2.75, 3.05) is 19.3 Å². The highest BCUT2D eigenvalue weighted by atomic mass is 32.2. The molecule has 0 atom stereocenters. The molecule has 0 aliphatic rings. The first-order valence-corrected chi connectivity index (χ1v) is 4.76. The summed E-state index contributed by atoms with van der Waals surface area (Å²) in [5.74, 6) is -0.0906. The number of amides is 1. The van der Waals surface area contributed by atoms with E-state index in [1.807, 2.05) is 6.26 Å². The third-order valence-corrected chi connectivity index (χ3v) is 2.70. The van der Waals surface area contributed by atoms with Crippen molar-refractivity contribution in [2.24, 2.45) is 5.73 Å². The summed E-state index contributed by atoms with van der Waals surface area (Å²) in [4.78, 5) is 10.7. The van der Waals surface area contributed by atoms with Crippen LogP contribution in [0.25, 0.3) is 0 Å². The van der Waals surface area contributed by atoms with E-state index in [-0.39, 0.29) is 17.2 Å². The summed E-state index contributed by atoms with van der Waals surface area (Å²) < 4.78 is 0.102. The Hall–Kier alpha value is -0.220. The van der Waals surface area contributed by atoms with Crippen molar-refractivity contribution in [3.8, 4) is 0 Å². The molecule has 0 saturated heterocycles. The van der Waals surface area contributed by atoms with Gasteiger partial charge in [-0.25, -0.2) is 0 Å². The number of hydrogen-bond donors (Lipinski definition) is 2. The normalized spacial score (nSPS) is 11.3. The number of thioether (sulfide) groups is 1. The largest absolute Gasteiger partial charge is 0.354 e. The van der Waals surface area contributed by atoms with Gasteiger partial charge in [-0.15, -0.1) is 0 Å². The second kappa shape index (κ2) is 4.62. The SMILES string of the molecule is CSC(C)(C)CNC(=O)CN. The Morgan fingerprint density at radius 2 is 2.18 bits per heavy atom. The zero-order valence-corrected chi connectivity index (χ0v) is 8.12. The highest BCUT2D eigenvalue weighted by Gasteiger charge is 2.15. The standard InChI is InChI=1S/C7H16N2OS/c1-7(2,11-3)5-9-6(10)4-8/h4-5,8H2,1-3H3,(H,9,10). The van der Waals surface area contributed by atoms with Crippen molar-refractivity contribution in [3.63, 3.8) is 0 Å². The minimum atomic E-state index is -0.0906. The van der Waals surface area contributed by atoms with Gasteiger partial charge in [-0.3, -0.25) is 4.79 Å². The van der Waals surface area contributed by atoms with E-state index in [1.165, 1.54) is 0 Å². The number of carbonyl (C=O) groups excluding carboxylic acids is 1. The fourth-order valence-corrected chi connectivity index (χ4v) is 0.672. The molecule has 0 heterocycles. The van der Waals surface area contributed by atoms with E-state index >= 15 is 0 Å². The average molecular weight is 176 g/mol. The maximum atomic E-state index is 10.7. The molecule has 0 aromatic rings. The molecule has 0 unspecified atom stereocenters. The third kappa shape index (κ3) is 5.09. The highest BCUT2D eigenvalue weighted by Crippen LogP contribution is 2.19. The monoisotopic (exact) mass is 176 g/mol. The summed E-state index contributed by atoms with van der Waals surface area (Å²) >= 11 is 1.72. The molecule has 0 saturated carbocycles. The lowest BCUT2D eigenvalue weighted by Crippen LogP contribution is -2.39. The Labute approximate surface area is 72.1 Å². The molecule has 0 fully saturated rings. The summed E-state index contributed by atoms with van der Waals surface area (Å²) in [5, 5.41) is 2.74. The topological polar surface area (TPSA) is 55.1 Å². The summed E-state index contributed by atoms with van der Waals surface area (Å²) in [6.07, 6.45) is 2.02. The van der Waals surface area contributed by atoms with E-state index in [0.29, 0.717) is 6.54 Å². The van der Waals surface area contributed by atoms with Gasteiger partial charge in [0.2, 0.25) is 5.91 Å². The molecule has 0 radical (unpaired) electrons. The van der Waals surface area contributed by atoms with E-state index in [2.05, 4.69) is 19.2 Å². The van der Waals surface area contributed by atoms with Crippen LogP contribution in [0.4, 0.5) is 0 Å². The van der Waals surface area contributed by atoms with Gasteiger partial charge in [0.15, 0.2) is 0 Å². The Morgan fingerprint density at radius 1 is 1.64 bits per heavy atom. The van der Waals surface area contributed by atoms with Crippen LogP contribution < -0.4 is 11.1 Å². The van der Waals surface area contributed by atoms with Crippen LogP contribution in [0.5, 0.6) is 0 Å². The predicted octanol–water partition coefficient (Wildman–Crippen LogP) is 0.203. The first-order valence-electron chi connectivity index (χ1n) is 3.54. The van der Waals surface area contributed by atoms with Crippen LogP contribution in [0.2, 0.25) is 0 Å². The van der Waals surface area contributed by atoms with E-state index in [1.54, 1.807) is 11.8 Å². The van der Waals surface area contributed by atoms with Crippen LogP contribution in [-0.2, 0) is 4.79 Å². The molecule has 0 spiro atoms. The molecular weight excluding hydrogens is 160 g/mol. The highest BCUT2D eigenvalue weighted by molar-refractivity contribution is 7.99. The fraction of sp³-hybridized carbons (Fsp3) is 0.857. The molecule has 11 heavy (non-hydrogen) atoms. The second-order valence-corrected chi connectivity index (χ2v) is 4.46. The zero-order chi connectivity index (χ0) is 8.91. The minimum Gasteiger partial charge on any atom is -0.354 e. The van der Waals surface area contributed by atoms with Crippen molar-refractivity contribution in [1.82, 2.24) is 5.32 Å². The quantitative estimate of drug-likeness (QED) is 0.643. The fourth-order valence-electron chi connectivity index (χ4n) is 0.456. The molecule has 4 heteroatoms. The number of nitrogens with two attached hydrogens (primary N) is 1. The molecule has 66 valence electrons. The number of rotatable bonds is 4. The smallest absolute Gasteiger partial charge is 0.233 e. The van der Waals surface area contributed by atoms with Gasteiger partial charge in [-0.2, -0.15) is 11.8 Å². The lowest BCUT2D eigenvalue weighted by atomic mass is 10.2. The van der Waals surface area contributed by atoms with E-state index in [4.69, 9.17) is 5.73 Å². The van der Waals surface area contributed by atoms with Gasteiger partial charge in [-0.1, -0.05) is 0 Å².